The van der Waals surface area contributed by atoms with Gasteiger partial charge in [0.2, 0.25) is 0 Å². The number of urea groups is 1. The fourth-order valence-corrected chi connectivity index (χ4v) is 3.44. The molecule has 3 rings (SSSR count). The molecule has 1 aromatic heterocycles. The van der Waals surface area contributed by atoms with E-state index in [0.717, 1.165) is 4.90 Å². The number of aromatic nitrogens is 2. The van der Waals surface area contributed by atoms with Gasteiger partial charge in [-0.3, -0.25) is 25.0 Å². The van der Waals surface area contributed by atoms with E-state index in [9.17, 15) is 22.8 Å². The largest absolute Gasteiger partial charge is 0.418 e. The Morgan fingerprint density at radius 3 is 2.74 bits per heavy atom. The Labute approximate surface area is 154 Å². The van der Waals surface area contributed by atoms with E-state index >= 15 is 0 Å². The van der Waals surface area contributed by atoms with Crippen molar-refractivity contribution in [2.75, 3.05) is 6.54 Å². The van der Waals surface area contributed by atoms with E-state index in [0.29, 0.717) is 5.06 Å². The van der Waals surface area contributed by atoms with Crippen LogP contribution in [-0.2, 0) is 24.3 Å². The van der Waals surface area contributed by atoms with Gasteiger partial charge in [0.05, 0.1) is 12.4 Å². The Kier molecular flexibility index (Phi) is 5.03. The van der Waals surface area contributed by atoms with Crippen molar-refractivity contribution in [1.82, 2.24) is 30.4 Å². The van der Waals surface area contributed by atoms with E-state index in [1.54, 1.807) is 17.7 Å². The molecule has 2 aliphatic heterocycles. The van der Waals surface area contributed by atoms with Gasteiger partial charge in [-0.15, -0.1) is 4.28 Å². The molecule has 2 fully saturated rings. The lowest BCUT2D eigenvalue weighted by atomic mass is 10.0. The molecule has 13 nitrogen and oxygen atoms in total. The summed E-state index contributed by atoms with van der Waals surface area (Å²) in [4.78, 5) is 41.7. The highest BCUT2D eigenvalue weighted by Gasteiger charge is 2.49. The Hall–Kier alpha value is -2.71. The molecule has 0 spiro atoms. The highest BCUT2D eigenvalue weighted by molar-refractivity contribution is 7.80. The smallest absolute Gasteiger partial charge is 0.325 e. The van der Waals surface area contributed by atoms with E-state index < -0.39 is 46.4 Å². The number of carbonyl (C=O) groups excluding carboxylic acids is 3. The van der Waals surface area contributed by atoms with Crippen molar-refractivity contribution >= 4 is 28.2 Å². The fourth-order valence-electron chi connectivity index (χ4n) is 3.05. The number of fused-ring (bicyclic) bond motifs is 2. The summed E-state index contributed by atoms with van der Waals surface area (Å²) in [6.45, 7) is 1.68. The topological polar surface area (TPSA) is 163 Å². The molecular weight excluding hydrogens is 384 g/mol. The van der Waals surface area contributed by atoms with Gasteiger partial charge in [-0.05, 0) is 19.8 Å². The summed E-state index contributed by atoms with van der Waals surface area (Å²) in [5.41, 5.74) is 4.55. The van der Waals surface area contributed by atoms with Crippen LogP contribution in [0.2, 0.25) is 0 Å². The van der Waals surface area contributed by atoms with Crippen molar-refractivity contribution in [1.29, 1.82) is 0 Å². The lowest BCUT2D eigenvalue weighted by Gasteiger charge is -2.29. The maximum absolute atomic E-state index is 12.4. The lowest BCUT2D eigenvalue weighted by Crippen LogP contribution is -2.54. The van der Waals surface area contributed by atoms with Crippen molar-refractivity contribution in [2.45, 2.75) is 37.9 Å². The van der Waals surface area contributed by atoms with Crippen LogP contribution in [0.15, 0.2) is 18.7 Å². The third-order valence-electron chi connectivity index (χ3n) is 4.46. The van der Waals surface area contributed by atoms with Gasteiger partial charge in [0, 0.05) is 18.9 Å². The zero-order chi connectivity index (χ0) is 19.8. The summed E-state index contributed by atoms with van der Waals surface area (Å²) in [5, 5.41) is 0.544. The molecular formula is C13H18N6O7S. The van der Waals surface area contributed by atoms with E-state index in [1.807, 2.05) is 0 Å². The molecule has 0 aliphatic carbocycles. The van der Waals surface area contributed by atoms with Gasteiger partial charge in [-0.2, -0.15) is 13.5 Å². The van der Waals surface area contributed by atoms with Gasteiger partial charge in [0.25, 0.3) is 11.8 Å². The minimum atomic E-state index is -4.86. The Balaban J connectivity index is 1.58. The van der Waals surface area contributed by atoms with Crippen LogP contribution in [0.25, 0.3) is 0 Å². The van der Waals surface area contributed by atoms with Crippen molar-refractivity contribution in [3.8, 4) is 0 Å². The minimum absolute atomic E-state index is 0.0613. The van der Waals surface area contributed by atoms with Gasteiger partial charge in [-0.1, -0.05) is 0 Å². The molecule has 2 aliphatic rings. The second-order valence-electron chi connectivity index (χ2n) is 6.17. The molecule has 0 radical (unpaired) electrons. The minimum Gasteiger partial charge on any atom is -0.325 e. The van der Waals surface area contributed by atoms with Crippen LogP contribution in [0.1, 0.15) is 25.8 Å². The average Bonchev–Trinajstić information content (AvgIpc) is 3.22. The standard InChI is InChI=1S/C13H18N6O7S/c1-8(17-5-4-14-7-17)11(20)15-16-12(21)10-3-2-9-6-18(10)13(22)19(9)26-27(23,24)25/h4-5,7-10H,2-3,6H2,1H3,(H,15,20)(H,16,21)(H,23,24,25)/t8?,9-,10+/m1/s1. The zero-order valence-electron chi connectivity index (χ0n) is 14.2. The highest BCUT2D eigenvalue weighted by Crippen LogP contribution is 2.30. The monoisotopic (exact) mass is 402 g/mol. The highest BCUT2D eigenvalue weighted by atomic mass is 32.3. The van der Waals surface area contributed by atoms with Crippen LogP contribution in [0.5, 0.6) is 0 Å². The molecule has 27 heavy (non-hydrogen) atoms. The van der Waals surface area contributed by atoms with E-state index in [1.165, 1.54) is 12.5 Å². The maximum Gasteiger partial charge on any atom is 0.418 e. The first-order chi connectivity index (χ1) is 12.7. The number of carbonyl (C=O) groups is 3. The Morgan fingerprint density at radius 1 is 1.37 bits per heavy atom. The first-order valence-electron chi connectivity index (χ1n) is 8.01. The molecule has 148 valence electrons. The third-order valence-corrected chi connectivity index (χ3v) is 4.81. The van der Waals surface area contributed by atoms with Crippen molar-refractivity contribution in [3.63, 3.8) is 0 Å². The van der Waals surface area contributed by atoms with E-state index in [-0.39, 0.29) is 19.4 Å². The molecule has 3 atom stereocenters. The van der Waals surface area contributed by atoms with Crippen molar-refractivity contribution in [3.05, 3.63) is 18.7 Å². The predicted molar refractivity (Wildman–Crippen MR) is 86.6 cm³/mol. The lowest BCUT2D eigenvalue weighted by molar-refractivity contribution is -0.133. The van der Waals surface area contributed by atoms with Crippen LogP contribution in [0.4, 0.5) is 4.79 Å². The van der Waals surface area contributed by atoms with Gasteiger partial charge < -0.3 is 9.47 Å². The van der Waals surface area contributed by atoms with E-state index in [4.69, 9.17) is 4.55 Å². The Bertz CT molecular complexity index is 841. The van der Waals surface area contributed by atoms with Crippen molar-refractivity contribution in [2.24, 2.45) is 0 Å². The number of amides is 4. The van der Waals surface area contributed by atoms with Crippen LogP contribution in [-0.4, -0.2) is 69.0 Å². The Morgan fingerprint density at radius 2 is 2.11 bits per heavy atom. The number of nitrogens with one attached hydrogen (secondary N) is 2. The number of hydrogen-bond donors (Lipinski definition) is 3. The number of hydroxylamine groups is 2. The molecule has 2 saturated heterocycles. The summed E-state index contributed by atoms with van der Waals surface area (Å²) in [7, 11) is -4.86. The fraction of sp³-hybridized carbons (Fsp3) is 0.538. The summed E-state index contributed by atoms with van der Waals surface area (Å²) >= 11 is 0. The first kappa shape index (κ1) is 19.1. The van der Waals surface area contributed by atoms with Gasteiger partial charge in [0.15, 0.2) is 0 Å². The van der Waals surface area contributed by atoms with Crippen molar-refractivity contribution < 1.29 is 31.6 Å². The summed E-state index contributed by atoms with van der Waals surface area (Å²) in [5.74, 6) is -1.11. The van der Waals surface area contributed by atoms with Crippen LogP contribution < -0.4 is 10.9 Å². The maximum atomic E-state index is 12.4. The molecule has 1 unspecified atom stereocenters. The molecule has 0 saturated carbocycles. The molecule has 2 bridgehead atoms. The molecule has 1 aromatic rings. The summed E-state index contributed by atoms with van der Waals surface area (Å²) in [6, 6.07) is -2.98. The molecule has 0 aromatic carbocycles. The molecule has 3 N–H and O–H groups in total. The average molecular weight is 402 g/mol. The van der Waals surface area contributed by atoms with Gasteiger partial charge in [-0.25, -0.2) is 9.78 Å². The SMILES string of the molecule is CC(C(=O)NNC(=O)[C@@H]1CC[C@@H]2CN1C(=O)N2OS(=O)(=O)O)n1ccnc1. The number of rotatable bonds is 5. The number of imidazole rings is 1. The molecule has 14 heteroatoms. The second kappa shape index (κ2) is 7.13. The summed E-state index contributed by atoms with van der Waals surface area (Å²) in [6.07, 6.45) is 5.09. The molecule has 4 amide bonds. The number of hydrazine groups is 1. The summed E-state index contributed by atoms with van der Waals surface area (Å²) < 4.78 is 36.3. The van der Waals surface area contributed by atoms with Gasteiger partial charge >= 0.3 is 16.4 Å². The quantitative estimate of drug-likeness (QED) is 0.400. The zero-order valence-corrected chi connectivity index (χ0v) is 15.0. The van der Waals surface area contributed by atoms with Crippen LogP contribution in [0, 0.1) is 0 Å². The first-order valence-corrected chi connectivity index (χ1v) is 9.38. The third kappa shape index (κ3) is 4.01. The van der Waals surface area contributed by atoms with Crippen LogP contribution in [0.3, 0.4) is 0 Å². The van der Waals surface area contributed by atoms with E-state index in [2.05, 4.69) is 20.1 Å². The van der Waals surface area contributed by atoms with Crippen LogP contribution >= 0.6 is 0 Å². The number of nitrogens with zero attached hydrogens (tertiary/aromatic N) is 4. The predicted octanol–water partition coefficient (Wildman–Crippen LogP) is -1.41. The number of hydrogen-bond acceptors (Lipinski definition) is 7. The number of piperidine rings is 1. The second-order valence-corrected chi connectivity index (χ2v) is 7.18. The molecule has 3 heterocycles. The van der Waals surface area contributed by atoms with Gasteiger partial charge in [0.1, 0.15) is 12.1 Å². The normalized spacial score (nSPS) is 23.3.